The Balaban J connectivity index is 2.24. The molecule has 5 nitrogen and oxygen atoms in total. The number of benzene rings is 2. The van der Waals surface area contributed by atoms with E-state index in [1.165, 1.54) is 11.6 Å². The molecule has 1 amide bonds. The first-order valence-corrected chi connectivity index (χ1v) is 10.7. The van der Waals surface area contributed by atoms with Gasteiger partial charge in [0.1, 0.15) is 0 Å². The van der Waals surface area contributed by atoms with Gasteiger partial charge >= 0.3 is 0 Å². The molecule has 2 aromatic carbocycles. The molecule has 6 heteroatoms. The number of hydrogen-bond donors (Lipinski definition) is 2. The highest BCUT2D eigenvalue weighted by Crippen LogP contribution is 2.21. The summed E-state index contributed by atoms with van der Waals surface area (Å²) in [4.78, 5) is 12.3. The second-order valence-corrected chi connectivity index (χ2v) is 8.67. The zero-order chi connectivity index (χ0) is 20.0. The summed E-state index contributed by atoms with van der Waals surface area (Å²) in [6, 6.07) is 12.1. The number of carbonyl (C=O) groups excluding carboxylic acids is 1. The maximum absolute atomic E-state index is 12.8. The molecule has 0 unspecified atom stereocenters. The van der Waals surface area contributed by atoms with E-state index in [-0.39, 0.29) is 16.8 Å². The fraction of sp³-hybridized carbons (Fsp3) is 0.381. The van der Waals surface area contributed by atoms with Crippen LogP contribution < -0.4 is 10.0 Å². The molecule has 0 aliphatic carbocycles. The van der Waals surface area contributed by atoms with Gasteiger partial charge in [0.15, 0.2) is 0 Å². The number of anilines is 1. The van der Waals surface area contributed by atoms with Crippen molar-refractivity contribution in [2.24, 2.45) is 0 Å². The van der Waals surface area contributed by atoms with E-state index in [0.29, 0.717) is 16.8 Å². The smallest absolute Gasteiger partial charge is 0.262 e. The van der Waals surface area contributed by atoms with Crippen molar-refractivity contribution in [2.45, 2.75) is 57.9 Å². The summed E-state index contributed by atoms with van der Waals surface area (Å²) in [5.41, 5.74) is 2.60. The number of carbonyl (C=O) groups is 1. The number of hydrogen-bond acceptors (Lipinski definition) is 3. The lowest BCUT2D eigenvalue weighted by atomic mass is 10.1. The third kappa shape index (κ3) is 5.82. The summed E-state index contributed by atoms with van der Waals surface area (Å²) < 4.78 is 28.3. The van der Waals surface area contributed by atoms with Crippen molar-refractivity contribution >= 4 is 21.6 Å². The van der Waals surface area contributed by atoms with E-state index in [4.69, 9.17) is 0 Å². The van der Waals surface area contributed by atoms with Gasteiger partial charge in [0, 0.05) is 17.3 Å². The summed E-state index contributed by atoms with van der Waals surface area (Å²) in [6.45, 7) is 7.57. The molecule has 0 aromatic heterocycles. The van der Waals surface area contributed by atoms with E-state index in [0.717, 1.165) is 19.3 Å². The summed E-state index contributed by atoms with van der Waals surface area (Å²) in [6.07, 6.45) is 3.21. The second-order valence-electron chi connectivity index (χ2n) is 7.01. The average Bonchev–Trinajstić information content (AvgIpc) is 2.60. The Morgan fingerprint density at radius 2 is 1.74 bits per heavy atom. The van der Waals surface area contributed by atoms with Crippen LogP contribution >= 0.6 is 0 Å². The Hall–Kier alpha value is -2.34. The molecule has 0 fully saturated rings. The SMILES string of the molecule is CCCCc1ccc(NS(=O)(=O)c2cc(C(=O)NC(C)C)ccc2C)cc1. The van der Waals surface area contributed by atoms with E-state index in [9.17, 15) is 13.2 Å². The quantitative estimate of drug-likeness (QED) is 0.709. The minimum Gasteiger partial charge on any atom is -0.350 e. The van der Waals surface area contributed by atoms with Gasteiger partial charge in [-0.1, -0.05) is 31.5 Å². The zero-order valence-corrected chi connectivity index (χ0v) is 17.2. The minimum atomic E-state index is -3.79. The molecule has 2 rings (SSSR count). The van der Waals surface area contributed by atoms with Gasteiger partial charge in [-0.15, -0.1) is 0 Å². The van der Waals surface area contributed by atoms with Gasteiger partial charge in [-0.05, 0) is 69.0 Å². The summed E-state index contributed by atoms with van der Waals surface area (Å²) in [7, 11) is -3.79. The molecule has 0 bridgehead atoms. The molecular weight excluding hydrogens is 360 g/mol. The highest BCUT2D eigenvalue weighted by molar-refractivity contribution is 7.92. The van der Waals surface area contributed by atoms with Crippen LogP contribution in [-0.2, 0) is 16.4 Å². The first kappa shape index (κ1) is 21.0. The average molecular weight is 389 g/mol. The normalized spacial score (nSPS) is 11.4. The number of amides is 1. The van der Waals surface area contributed by atoms with Gasteiger partial charge in [-0.3, -0.25) is 9.52 Å². The third-order valence-electron chi connectivity index (χ3n) is 4.18. The predicted molar refractivity (Wildman–Crippen MR) is 110 cm³/mol. The molecule has 0 aliphatic rings. The van der Waals surface area contributed by atoms with Crippen molar-refractivity contribution in [3.8, 4) is 0 Å². The van der Waals surface area contributed by atoms with Gasteiger partial charge in [-0.25, -0.2) is 8.42 Å². The molecule has 0 radical (unpaired) electrons. The molecule has 27 heavy (non-hydrogen) atoms. The number of nitrogens with one attached hydrogen (secondary N) is 2. The van der Waals surface area contributed by atoms with Crippen molar-refractivity contribution in [2.75, 3.05) is 4.72 Å². The standard InChI is InChI=1S/C21H28N2O3S/c1-5-6-7-17-9-12-19(13-10-17)23-27(25,26)20-14-18(11-8-16(20)4)21(24)22-15(2)3/h8-15,23H,5-7H2,1-4H3,(H,22,24). The Morgan fingerprint density at radius 1 is 1.07 bits per heavy atom. The van der Waals surface area contributed by atoms with Gasteiger partial charge < -0.3 is 5.32 Å². The molecule has 0 atom stereocenters. The Morgan fingerprint density at radius 3 is 2.33 bits per heavy atom. The van der Waals surface area contributed by atoms with Crippen molar-refractivity contribution in [1.82, 2.24) is 5.32 Å². The van der Waals surface area contributed by atoms with Crippen molar-refractivity contribution in [3.63, 3.8) is 0 Å². The monoisotopic (exact) mass is 388 g/mol. The van der Waals surface area contributed by atoms with Crippen LogP contribution in [0.25, 0.3) is 0 Å². The van der Waals surface area contributed by atoms with E-state index >= 15 is 0 Å². The van der Waals surface area contributed by atoms with Crippen molar-refractivity contribution in [3.05, 3.63) is 59.2 Å². The lowest BCUT2D eigenvalue weighted by Crippen LogP contribution is -2.30. The van der Waals surface area contributed by atoms with Crippen LogP contribution in [-0.4, -0.2) is 20.4 Å². The molecule has 0 saturated heterocycles. The van der Waals surface area contributed by atoms with E-state index < -0.39 is 10.0 Å². The number of aryl methyl sites for hydroxylation is 2. The molecule has 0 saturated carbocycles. The zero-order valence-electron chi connectivity index (χ0n) is 16.4. The van der Waals surface area contributed by atoms with Crippen LogP contribution in [0.2, 0.25) is 0 Å². The highest BCUT2D eigenvalue weighted by Gasteiger charge is 2.19. The summed E-state index contributed by atoms with van der Waals surface area (Å²) in [5.74, 6) is -0.290. The molecule has 146 valence electrons. The van der Waals surface area contributed by atoms with Crippen LogP contribution in [0.5, 0.6) is 0 Å². The van der Waals surface area contributed by atoms with E-state index in [2.05, 4.69) is 17.0 Å². The lowest BCUT2D eigenvalue weighted by molar-refractivity contribution is 0.0943. The van der Waals surface area contributed by atoms with Gasteiger partial charge in [0.2, 0.25) is 0 Å². The van der Waals surface area contributed by atoms with Crippen molar-refractivity contribution < 1.29 is 13.2 Å². The third-order valence-corrected chi connectivity index (χ3v) is 5.71. The first-order valence-electron chi connectivity index (χ1n) is 9.26. The van der Waals surface area contributed by atoms with Crippen molar-refractivity contribution in [1.29, 1.82) is 0 Å². The lowest BCUT2D eigenvalue weighted by Gasteiger charge is -2.13. The van der Waals surface area contributed by atoms with Gasteiger partial charge in [-0.2, -0.15) is 0 Å². The first-order chi connectivity index (χ1) is 12.7. The van der Waals surface area contributed by atoms with Crippen LogP contribution in [0.3, 0.4) is 0 Å². The molecular formula is C21H28N2O3S. The molecule has 0 spiro atoms. The minimum absolute atomic E-state index is 0.0248. The Bertz CT molecular complexity index is 888. The number of unbranched alkanes of at least 4 members (excludes halogenated alkanes) is 1. The fourth-order valence-corrected chi connectivity index (χ4v) is 4.04. The van der Waals surface area contributed by atoms with Gasteiger partial charge in [0.05, 0.1) is 4.90 Å². The summed E-state index contributed by atoms with van der Waals surface area (Å²) in [5, 5.41) is 2.78. The fourth-order valence-electron chi connectivity index (χ4n) is 2.71. The van der Waals surface area contributed by atoms with Crippen LogP contribution in [0.1, 0.15) is 55.1 Å². The predicted octanol–water partition coefficient (Wildman–Crippen LogP) is 4.28. The highest BCUT2D eigenvalue weighted by atomic mass is 32.2. The number of rotatable bonds is 8. The maximum atomic E-state index is 12.8. The van der Waals surface area contributed by atoms with Crippen LogP contribution in [0, 0.1) is 6.92 Å². The Labute approximate surface area is 162 Å². The number of sulfonamides is 1. The molecule has 2 aromatic rings. The van der Waals surface area contributed by atoms with Gasteiger partial charge in [0.25, 0.3) is 15.9 Å². The maximum Gasteiger partial charge on any atom is 0.262 e. The molecule has 2 N–H and O–H groups in total. The van der Waals surface area contributed by atoms with Crippen LogP contribution in [0.15, 0.2) is 47.4 Å². The largest absolute Gasteiger partial charge is 0.350 e. The Kier molecular flexibility index (Phi) is 7.02. The topological polar surface area (TPSA) is 75.3 Å². The summed E-state index contributed by atoms with van der Waals surface area (Å²) >= 11 is 0. The van der Waals surface area contributed by atoms with E-state index in [1.54, 1.807) is 31.2 Å². The second kappa shape index (κ2) is 9.04. The van der Waals surface area contributed by atoms with Crippen LogP contribution in [0.4, 0.5) is 5.69 Å². The molecule has 0 aliphatic heterocycles. The molecule has 0 heterocycles. The van der Waals surface area contributed by atoms with E-state index in [1.807, 2.05) is 26.0 Å².